The first-order chi connectivity index (χ1) is 8.20. The van der Waals surface area contributed by atoms with Crippen LogP contribution < -0.4 is 5.73 Å². The molecule has 0 aliphatic heterocycles. The number of nitrogens with two attached hydrogens (primary N) is 1. The summed E-state index contributed by atoms with van der Waals surface area (Å²) in [5, 5.41) is 9.46. The van der Waals surface area contributed by atoms with Crippen molar-refractivity contribution >= 4 is 5.97 Å². The maximum atomic E-state index is 11.5. The Bertz CT molecular complexity index is 464. The Morgan fingerprint density at radius 2 is 2.00 bits per heavy atom. The standard InChI is InChI=1S/C14H15NO2/c15-10-14(13(16)17)9-5-4-8-12(14)11-6-2-1-3-7-11/h1-9,12H,10,15H2,(H,16,17). The number of hydrogen-bond acceptors (Lipinski definition) is 2. The van der Waals surface area contributed by atoms with E-state index in [0.717, 1.165) is 5.56 Å². The Kier molecular flexibility index (Phi) is 3.11. The van der Waals surface area contributed by atoms with Gasteiger partial charge in [-0.2, -0.15) is 0 Å². The lowest BCUT2D eigenvalue weighted by atomic mass is 9.69. The van der Waals surface area contributed by atoms with Crippen LogP contribution in [0.4, 0.5) is 0 Å². The third-order valence-electron chi connectivity index (χ3n) is 3.26. The van der Waals surface area contributed by atoms with Crippen LogP contribution in [-0.4, -0.2) is 17.6 Å². The molecule has 0 saturated carbocycles. The van der Waals surface area contributed by atoms with Gasteiger partial charge in [-0.25, -0.2) is 0 Å². The fourth-order valence-corrected chi connectivity index (χ4v) is 2.23. The van der Waals surface area contributed by atoms with Crippen molar-refractivity contribution in [1.82, 2.24) is 0 Å². The van der Waals surface area contributed by atoms with Crippen molar-refractivity contribution in [2.75, 3.05) is 6.54 Å². The summed E-state index contributed by atoms with van der Waals surface area (Å²) in [6.07, 6.45) is 7.21. The van der Waals surface area contributed by atoms with E-state index in [1.807, 2.05) is 42.5 Å². The van der Waals surface area contributed by atoms with E-state index < -0.39 is 11.4 Å². The molecule has 0 heterocycles. The first-order valence-electron chi connectivity index (χ1n) is 5.55. The summed E-state index contributed by atoms with van der Waals surface area (Å²) in [5.41, 5.74) is 5.64. The fourth-order valence-electron chi connectivity index (χ4n) is 2.23. The molecule has 2 atom stereocenters. The van der Waals surface area contributed by atoms with Gasteiger partial charge >= 0.3 is 5.97 Å². The highest BCUT2D eigenvalue weighted by molar-refractivity contribution is 5.80. The van der Waals surface area contributed by atoms with Crippen LogP contribution in [0.3, 0.4) is 0 Å². The van der Waals surface area contributed by atoms with Crippen LogP contribution in [0, 0.1) is 5.41 Å². The molecule has 1 aromatic rings. The van der Waals surface area contributed by atoms with E-state index in [1.165, 1.54) is 0 Å². The molecule has 0 fully saturated rings. The third-order valence-corrected chi connectivity index (χ3v) is 3.26. The van der Waals surface area contributed by atoms with Crippen LogP contribution in [0.25, 0.3) is 0 Å². The van der Waals surface area contributed by atoms with Crippen LogP contribution in [0.1, 0.15) is 11.5 Å². The van der Waals surface area contributed by atoms with Gasteiger partial charge in [0.05, 0.1) is 0 Å². The van der Waals surface area contributed by atoms with Gasteiger partial charge in [0.25, 0.3) is 0 Å². The Balaban J connectivity index is 2.48. The first kappa shape index (κ1) is 11.6. The molecule has 3 N–H and O–H groups in total. The Morgan fingerprint density at radius 3 is 2.59 bits per heavy atom. The average molecular weight is 229 g/mol. The van der Waals surface area contributed by atoms with Crippen LogP contribution in [0.15, 0.2) is 54.6 Å². The van der Waals surface area contributed by atoms with E-state index in [9.17, 15) is 9.90 Å². The first-order valence-corrected chi connectivity index (χ1v) is 5.55. The number of allylic oxidation sites excluding steroid dienone is 3. The fraction of sp³-hybridized carbons (Fsp3) is 0.214. The molecular weight excluding hydrogens is 214 g/mol. The Morgan fingerprint density at radius 1 is 1.29 bits per heavy atom. The molecule has 0 radical (unpaired) electrons. The van der Waals surface area contributed by atoms with Gasteiger partial charge in [0.15, 0.2) is 0 Å². The minimum absolute atomic E-state index is 0.0860. The molecule has 1 aliphatic carbocycles. The second-order valence-electron chi connectivity index (χ2n) is 4.18. The molecule has 0 bridgehead atoms. The van der Waals surface area contributed by atoms with E-state index in [-0.39, 0.29) is 12.5 Å². The van der Waals surface area contributed by atoms with Crippen LogP contribution in [0.5, 0.6) is 0 Å². The number of hydrogen-bond donors (Lipinski definition) is 2. The average Bonchev–Trinajstić information content (AvgIpc) is 2.39. The van der Waals surface area contributed by atoms with Crippen LogP contribution >= 0.6 is 0 Å². The molecule has 0 saturated heterocycles. The molecule has 2 unspecified atom stereocenters. The number of carboxylic acids is 1. The molecule has 0 amide bonds. The lowest BCUT2D eigenvalue weighted by molar-refractivity contribution is -0.146. The van der Waals surface area contributed by atoms with Gasteiger partial charge < -0.3 is 10.8 Å². The molecular formula is C14H15NO2. The van der Waals surface area contributed by atoms with Crippen molar-refractivity contribution in [2.24, 2.45) is 11.1 Å². The summed E-state index contributed by atoms with van der Waals surface area (Å²) < 4.78 is 0. The molecule has 1 aliphatic rings. The van der Waals surface area contributed by atoms with Crippen LogP contribution in [-0.2, 0) is 4.79 Å². The maximum Gasteiger partial charge on any atom is 0.315 e. The summed E-state index contributed by atoms with van der Waals surface area (Å²) in [5.74, 6) is -1.09. The van der Waals surface area contributed by atoms with Crippen molar-refractivity contribution < 1.29 is 9.90 Å². The van der Waals surface area contributed by atoms with Gasteiger partial charge in [-0.05, 0) is 5.56 Å². The van der Waals surface area contributed by atoms with E-state index in [2.05, 4.69) is 0 Å². The zero-order valence-corrected chi connectivity index (χ0v) is 9.41. The van der Waals surface area contributed by atoms with Crippen LogP contribution in [0.2, 0.25) is 0 Å². The van der Waals surface area contributed by atoms with Gasteiger partial charge in [0.2, 0.25) is 0 Å². The van der Waals surface area contributed by atoms with Gasteiger partial charge in [-0.3, -0.25) is 4.79 Å². The molecule has 88 valence electrons. The summed E-state index contributed by atoms with van der Waals surface area (Å²) in [4.78, 5) is 11.5. The largest absolute Gasteiger partial charge is 0.481 e. The molecule has 2 rings (SSSR count). The number of rotatable bonds is 3. The van der Waals surface area contributed by atoms with Crippen molar-refractivity contribution in [3.63, 3.8) is 0 Å². The van der Waals surface area contributed by atoms with Crippen molar-refractivity contribution in [3.8, 4) is 0 Å². The summed E-state index contributed by atoms with van der Waals surface area (Å²) in [6.45, 7) is 0.0860. The monoisotopic (exact) mass is 229 g/mol. The normalized spacial score (nSPS) is 27.0. The van der Waals surface area contributed by atoms with E-state index in [0.29, 0.717) is 0 Å². The highest BCUT2D eigenvalue weighted by atomic mass is 16.4. The lowest BCUT2D eigenvalue weighted by Crippen LogP contribution is -2.42. The van der Waals surface area contributed by atoms with Gasteiger partial charge in [-0.15, -0.1) is 0 Å². The van der Waals surface area contributed by atoms with Gasteiger partial charge in [0, 0.05) is 12.5 Å². The Labute approximate surface area is 100 Å². The predicted molar refractivity (Wildman–Crippen MR) is 66.6 cm³/mol. The van der Waals surface area contributed by atoms with Gasteiger partial charge in [-0.1, -0.05) is 54.6 Å². The Hall–Kier alpha value is -1.87. The molecule has 3 nitrogen and oxygen atoms in total. The van der Waals surface area contributed by atoms with Crippen molar-refractivity contribution in [2.45, 2.75) is 5.92 Å². The second kappa shape index (κ2) is 4.55. The van der Waals surface area contributed by atoms with E-state index in [1.54, 1.807) is 12.2 Å². The maximum absolute atomic E-state index is 11.5. The number of carbonyl (C=O) groups is 1. The predicted octanol–water partition coefficient (Wildman–Crippen LogP) is 1.93. The minimum Gasteiger partial charge on any atom is -0.481 e. The second-order valence-corrected chi connectivity index (χ2v) is 4.18. The van der Waals surface area contributed by atoms with E-state index in [4.69, 9.17) is 5.73 Å². The molecule has 3 heteroatoms. The zero-order chi connectivity index (χ0) is 12.3. The number of aliphatic carboxylic acids is 1. The van der Waals surface area contributed by atoms with Gasteiger partial charge in [0.1, 0.15) is 5.41 Å². The SMILES string of the molecule is NCC1(C(=O)O)C=CC=CC1c1ccccc1. The van der Waals surface area contributed by atoms with Crippen molar-refractivity contribution in [1.29, 1.82) is 0 Å². The summed E-state index contributed by atoms with van der Waals surface area (Å²) in [6, 6.07) is 9.59. The lowest BCUT2D eigenvalue weighted by Gasteiger charge is -2.33. The number of carboxylic acid groups (broad SMARTS) is 1. The molecule has 0 spiro atoms. The summed E-state index contributed by atoms with van der Waals surface area (Å²) in [7, 11) is 0. The summed E-state index contributed by atoms with van der Waals surface area (Å²) >= 11 is 0. The highest BCUT2D eigenvalue weighted by Gasteiger charge is 2.43. The number of benzene rings is 1. The topological polar surface area (TPSA) is 63.3 Å². The molecule has 17 heavy (non-hydrogen) atoms. The molecule has 0 aromatic heterocycles. The zero-order valence-electron chi connectivity index (χ0n) is 9.41. The third kappa shape index (κ3) is 1.89. The molecule has 1 aromatic carbocycles. The quantitative estimate of drug-likeness (QED) is 0.832. The minimum atomic E-state index is -1.03. The smallest absolute Gasteiger partial charge is 0.315 e. The van der Waals surface area contributed by atoms with Crippen molar-refractivity contribution in [3.05, 3.63) is 60.2 Å². The van der Waals surface area contributed by atoms with E-state index >= 15 is 0 Å². The highest BCUT2D eigenvalue weighted by Crippen LogP contribution is 2.40.